The molecule has 0 unspecified atom stereocenters. The fourth-order valence-electron chi connectivity index (χ4n) is 1.03. The number of nitrogens with zero attached hydrogens (tertiary/aromatic N) is 1. The van der Waals surface area contributed by atoms with Gasteiger partial charge in [-0.2, -0.15) is 0 Å². The van der Waals surface area contributed by atoms with Crippen molar-refractivity contribution in [2.24, 2.45) is 5.14 Å². The Kier molecular flexibility index (Phi) is 2.68. The molecule has 0 amide bonds. The molecule has 1 aromatic rings. The van der Waals surface area contributed by atoms with Gasteiger partial charge in [0, 0.05) is 25.5 Å². The molecule has 0 fully saturated rings. The third kappa shape index (κ3) is 2.36. The van der Waals surface area contributed by atoms with Gasteiger partial charge in [-0.1, -0.05) is 0 Å². The van der Waals surface area contributed by atoms with Crippen LogP contribution in [0.2, 0.25) is 0 Å². The Labute approximate surface area is 83.4 Å². The summed E-state index contributed by atoms with van der Waals surface area (Å²) < 4.78 is 22.1. The van der Waals surface area contributed by atoms with Gasteiger partial charge < -0.3 is 10.6 Å². The zero-order valence-corrected chi connectivity index (χ0v) is 8.88. The number of sulfonamides is 1. The van der Waals surface area contributed by atoms with E-state index in [1.165, 1.54) is 12.1 Å². The van der Waals surface area contributed by atoms with Crippen LogP contribution in [0, 0.1) is 0 Å². The van der Waals surface area contributed by atoms with E-state index in [0.717, 1.165) is 0 Å². The molecule has 0 aliphatic rings. The van der Waals surface area contributed by atoms with Crippen LogP contribution in [0.5, 0.6) is 0 Å². The monoisotopic (exact) mass is 215 g/mol. The third-order valence-electron chi connectivity index (χ3n) is 1.76. The fourth-order valence-corrected chi connectivity index (χ4v) is 1.61. The largest absolute Gasteiger partial charge is 0.399 e. The number of rotatable bonds is 2. The van der Waals surface area contributed by atoms with Crippen LogP contribution in [0.4, 0.5) is 11.4 Å². The number of hydrogen-bond acceptors (Lipinski definition) is 4. The van der Waals surface area contributed by atoms with E-state index in [9.17, 15) is 8.42 Å². The van der Waals surface area contributed by atoms with E-state index in [-0.39, 0.29) is 4.90 Å². The van der Waals surface area contributed by atoms with Gasteiger partial charge in [0.25, 0.3) is 0 Å². The van der Waals surface area contributed by atoms with E-state index < -0.39 is 10.0 Å². The number of benzene rings is 1. The highest BCUT2D eigenvalue weighted by Crippen LogP contribution is 2.21. The van der Waals surface area contributed by atoms with Gasteiger partial charge in [-0.25, -0.2) is 13.6 Å². The molecule has 0 aliphatic heterocycles. The van der Waals surface area contributed by atoms with Gasteiger partial charge in [0.05, 0.1) is 4.90 Å². The van der Waals surface area contributed by atoms with E-state index in [2.05, 4.69) is 0 Å². The number of hydrogen-bond donors (Lipinski definition) is 2. The Bertz CT molecular complexity index is 440. The molecule has 0 saturated heterocycles. The molecule has 4 N–H and O–H groups in total. The lowest BCUT2D eigenvalue weighted by Gasteiger charge is -2.14. The highest BCUT2D eigenvalue weighted by atomic mass is 32.2. The van der Waals surface area contributed by atoms with Crippen molar-refractivity contribution in [2.75, 3.05) is 24.7 Å². The summed E-state index contributed by atoms with van der Waals surface area (Å²) in [7, 11) is -0.101. The number of nitrogens with two attached hydrogens (primary N) is 2. The van der Waals surface area contributed by atoms with E-state index >= 15 is 0 Å². The molecule has 1 rings (SSSR count). The summed E-state index contributed by atoms with van der Waals surface area (Å²) >= 11 is 0. The standard InChI is InChI=1S/C8H13N3O2S/c1-11(2)7-3-6(9)4-8(5-7)14(10,12)13/h3-5H,9H2,1-2H3,(H2,10,12,13). The summed E-state index contributed by atoms with van der Waals surface area (Å²) in [6, 6.07) is 4.49. The lowest BCUT2D eigenvalue weighted by molar-refractivity contribution is 0.598. The summed E-state index contributed by atoms with van der Waals surface area (Å²) in [5.41, 5.74) is 6.63. The quantitative estimate of drug-likeness (QED) is 0.678. The van der Waals surface area contributed by atoms with Crippen LogP contribution in [0.25, 0.3) is 0 Å². The van der Waals surface area contributed by atoms with Crippen molar-refractivity contribution in [3.8, 4) is 0 Å². The van der Waals surface area contributed by atoms with Crippen LogP contribution in [-0.4, -0.2) is 22.5 Å². The second-order valence-electron chi connectivity index (χ2n) is 3.20. The molecule has 0 bridgehead atoms. The predicted octanol–water partition coefficient (Wildman–Crippen LogP) is -0.0178. The van der Waals surface area contributed by atoms with Gasteiger partial charge in [-0.05, 0) is 18.2 Å². The van der Waals surface area contributed by atoms with Crippen molar-refractivity contribution in [2.45, 2.75) is 4.90 Å². The zero-order chi connectivity index (χ0) is 10.9. The Balaban J connectivity index is 3.35. The van der Waals surface area contributed by atoms with Gasteiger partial charge in [-0.15, -0.1) is 0 Å². The van der Waals surface area contributed by atoms with E-state index in [1.807, 2.05) is 0 Å². The minimum Gasteiger partial charge on any atom is -0.399 e. The maximum Gasteiger partial charge on any atom is 0.238 e. The zero-order valence-electron chi connectivity index (χ0n) is 8.06. The highest BCUT2D eigenvalue weighted by molar-refractivity contribution is 7.89. The second kappa shape index (κ2) is 3.47. The van der Waals surface area contributed by atoms with Crippen LogP contribution in [-0.2, 0) is 10.0 Å². The summed E-state index contributed by atoms with van der Waals surface area (Å²) in [5, 5.41) is 4.99. The van der Waals surface area contributed by atoms with Crippen molar-refractivity contribution >= 4 is 21.4 Å². The molecule has 0 aromatic heterocycles. The van der Waals surface area contributed by atoms with Crippen molar-refractivity contribution in [1.82, 2.24) is 0 Å². The molecule has 0 aliphatic carbocycles. The molecule has 6 heteroatoms. The smallest absolute Gasteiger partial charge is 0.238 e. The molecular weight excluding hydrogens is 202 g/mol. The second-order valence-corrected chi connectivity index (χ2v) is 4.76. The average molecular weight is 215 g/mol. The molecule has 5 nitrogen and oxygen atoms in total. The van der Waals surface area contributed by atoms with Crippen LogP contribution in [0.1, 0.15) is 0 Å². The van der Waals surface area contributed by atoms with Crippen molar-refractivity contribution in [1.29, 1.82) is 0 Å². The Morgan fingerprint density at radius 1 is 1.21 bits per heavy atom. The predicted molar refractivity (Wildman–Crippen MR) is 56.6 cm³/mol. The van der Waals surface area contributed by atoms with Crippen LogP contribution in [0.15, 0.2) is 23.1 Å². The number of anilines is 2. The third-order valence-corrected chi connectivity index (χ3v) is 2.65. The van der Waals surface area contributed by atoms with Crippen molar-refractivity contribution < 1.29 is 8.42 Å². The molecule has 0 atom stereocenters. The number of nitrogen functional groups attached to an aromatic ring is 1. The highest BCUT2D eigenvalue weighted by Gasteiger charge is 2.10. The summed E-state index contributed by atoms with van der Waals surface area (Å²) in [4.78, 5) is 1.78. The van der Waals surface area contributed by atoms with Gasteiger partial charge in [0.15, 0.2) is 0 Å². The lowest BCUT2D eigenvalue weighted by Crippen LogP contribution is -2.15. The SMILES string of the molecule is CN(C)c1cc(N)cc(S(N)(=O)=O)c1. The van der Waals surface area contributed by atoms with Crippen LogP contribution in [0.3, 0.4) is 0 Å². The summed E-state index contributed by atoms with van der Waals surface area (Å²) in [6.07, 6.45) is 0. The first-order valence-corrected chi connectivity index (χ1v) is 5.46. The number of primary sulfonamides is 1. The molecular formula is C8H13N3O2S. The topological polar surface area (TPSA) is 89.4 Å². The molecule has 1 aromatic carbocycles. The fraction of sp³-hybridized carbons (Fsp3) is 0.250. The molecule has 0 heterocycles. The normalized spacial score (nSPS) is 11.4. The van der Waals surface area contributed by atoms with E-state index in [4.69, 9.17) is 10.9 Å². The maximum absolute atomic E-state index is 11.1. The molecule has 0 spiro atoms. The first-order valence-electron chi connectivity index (χ1n) is 3.91. The Morgan fingerprint density at radius 3 is 2.21 bits per heavy atom. The summed E-state index contributed by atoms with van der Waals surface area (Å²) in [5.74, 6) is 0. The molecule has 0 saturated carbocycles. The van der Waals surface area contributed by atoms with Gasteiger partial charge >= 0.3 is 0 Å². The molecule has 0 radical (unpaired) electrons. The van der Waals surface area contributed by atoms with E-state index in [0.29, 0.717) is 11.4 Å². The van der Waals surface area contributed by atoms with Gasteiger partial charge in [0.1, 0.15) is 0 Å². The van der Waals surface area contributed by atoms with Crippen molar-refractivity contribution in [3.63, 3.8) is 0 Å². The lowest BCUT2D eigenvalue weighted by atomic mass is 10.3. The minimum absolute atomic E-state index is 0.0289. The van der Waals surface area contributed by atoms with Crippen LogP contribution < -0.4 is 15.8 Å². The molecule has 78 valence electrons. The van der Waals surface area contributed by atoms with E-state index in [1.54, 1.807) is 25.1 Å². The average Bonchev–Trinajstić information content (AvgIpc) is 2.01. The van der Waals surface area contributed by atoms with Crippen molar-refractivity contribution in [3.05, 3.63) is 18.2 Å². The van der Waals surface area contributed by atoms with Gasteiger partial charge in [0.2, 0.25) is 10.0 Å². The first-order chi connectivity index (χ1) is 6.30. The maximum atomic E-state index is 11.1. The van der Waals surface area contributed by atoms with Gasteiger partial charge in [-0.3, -0.25) is 0 Å². The van der Waals surface area contributed by atoms with Crippen LogP contribution >= 0.6 is 0 Å². The minimum atomic E-state index is -3.69. The first kappa shape index (κ1) is 10.8. The molecule has 14 heavy (non-hydrogen) atoms. The summed E-state index contributed by atoms with van der Waals surface area (Å²) in [6.45, 7) is 0. The Morgan fingerprint density at radius 2 is 1.79 bits per heavy atom. The Hall–Kier alpha value is -1.27.